The molecule has 1 aliphatic heterocycles. The van der Waals surface area contributed by atoms with Gasteiger partial charge >= 0.3 is 0 Å². The molecule has 1 unspecified atom stereocenters. The first-order valence-corrected chi connectivity index (χ1v) is 9.81. The summed E-state index contributed by atoms with van der Waals surface area (Å²) >= 11 is 11.7. The van der Waals surface area contributed by atoms with Crippen LogP contribution in [0.5, 0.6) is 5.75 Å². The predicted molar refractivity (Wildman–Crippen MR) is 107 cm³/mol. The van der Waals surface area contributed by atoms with E-state index in [1.807, 2.05) is 40.6 Å². The number of hydrogen-bond acceptors (Lipinski definition) is 3. The summed E-state index contributed by atoms with van der Waals surface area (Å²) in [6, 6.07) is 16.1. The van der Waals surface area contributed by atoms with Crippen LogP contribution in [0.15, 0.2) is 48.5 Å². The highest BCUT2D eigenvalue weighted by atomic mass is 35.5. The van der Waals surface area contributed by atoms with Crippen LogP contribution in [0.4, 0.5) is 0 Å². The van der Waals surface area contributed by atoms with Crippen molar-refractivity contribution in [2.24, 2.45) is 7.05 Å². The Kier molecular flexibility index (Phi) is 5.29. The summed E-state index contributed by atoms with van der Waals surface area (Å²) in [5.74, 6) is 1.44. The zero-order valence-electron chi connectivity index (χ0n) is 15.2. The smallest absolute Gasteiger partial charge is 0.202 e. The summed E-state index contributed by atoms with van der Waals surface area (Å²) in [7, 11) is 1.93. The van der Waals surface area contributed by atoms with Gasteiger partial charge in [0, 0.05) is 19.0 Å². The standard InChI is InChI=1S/C20H21ClN4OS/c1-23-19(13-26-18-9-5-4-8-17(18)21)22-25(20(23)27)14-24-11-10-15-6-2-3-7-16(15)12-24/h2-9H,10-14H2,1H3/p+1. The Balaban J connectivity index is 1.46. The van der Waals surface area contributed by atoms with Crippen LogP contribution >= 0.6 is 23.8 Å². The molecule has 0 bridgehead atoms. The van der Waals surface area contributed by atoms with E-state index in [2.05, 4.69) is 24.3 Å². The van der Waals surface area contributed by atoms with Crippen molar-refractivity contribution in [2.75, 3.05) is 6.54 Å². The summed E-state index contributed by atoms with van der Waals surface area (Å²) < 4.78 is 10.3. The van der Waals surface area contributed by atoms with Crippen LogP contribution in [0, 0.1) is 4.77 Å². The van der Waals surface area contributed by atoms with E-state index in [4.69, 9.17) is 33.7 Å². The number of aromatic nitrogens is 3. The highest BCUT2D eigenvalue weighted by molar-refractivity contribution is 7.71. The zero-order chi connectivity index (χ0) is 18.8. The van der Waals surface area contributed by atoms with Crippen molar-refractivity contribution >= 4 is 23.8 Å². The average Bonchev–Trinajstić information content (AvgIpc) is 2.95. The SMILES string of the molecule is Cn1c(COc2ccccc2Cl)nn(C[NH+]2CCc3ccccc3C2)c1=S. The number of quaternary nitrogens is 1. The lowest BCUT2D eigenvalue weighted by atomic mass is 10.0. The lowest BCUT2D eigenvalue weighted by Gasteiger charge is -2.25. The van der Waals surface area contributed by atoms with Gasteiger partial charge in [-0.05, 0) is 29.9 Å². The Bertz CT molecular complexity index is 1010. The molecule has 27 heavy (non-hydrogen) atoms. The van der Waals surface area contributed by atoms with Crippen LogP contribution in [0.25, 0.3) is 0 Å². The molecule has 2 aromatic carbocycles. The highest BCUT2D eigenvalue weighted by Gasteiger charge is 2.20. The molecule has 2 heterocycles. The van der Waals surface area contributed by atoms with Crippen molar-refractivity contribution in [2.45, 2.75) is 26.2 Å². The van der Waals surface area contributed by atoms with Crippen LogP contribution in [-0.4, -0.2) is 20.9 Å². The van der Waals surface area contributed by atoms with E-state index >= 15 is 0 Å². The molecule has 1 N–H and O–H groups in total. The van der Waals surface area contributed by atoms with Crippen molar-refractivity contribution < 1.29 is 9.64 Å². The molecule has 0 saturated carbocycles. The fraction of sp³-hybridized carbons (Fsp3) is 0.300. The number of rotatable bonds is 5. The maximum absolute atomic E-state index is 6.16. The van der Waals surface area contributed by atoms with Gasteiger partial charge < -0.3 is 14.2 Å². The number of benzene rings is 2. The summed E-state index contributed by atoms with van der Waals surface area (Å²) in [6.45, 7) is 3.17. The fourth-order valence-corrected chi connectivity index (χ4v) is 3.86. The van der Waals surface area contributed by atoms with E-state index in [-0.39, 0.29) is 0 Å². The van der Waals surface area contributed by atoms with E-state index in [0.29, 0.717) is 22.2 Å². The van der Waals surface area contributed by atoms with Crippen molar-refractivity contribution in [3.63, 3.8) is 0 Å². The van der Waals surface area contributed by atoms with Crippen LogP contribution < -0.4 is 9.64 Å². The van der Waals surface area contributed by atoms with Gasteiger partial charge in [0.2, 0.25) is 4.77 Å². The normalized spacial score (nSPS) is 16.1. The third-order valence-electron chi connectivity index (χ3n) is 5.00. The third kappa shape index (κ3) is 3.93. The van der Waals surface area contributed by atoms with Gasteiger partial charge in [0.25, 0.3) is 0 Å². The molecule has 140 valence electrons. The van der Waals surface area contributed by atoms with Crippen molar-refractivity contribution in [3.05, 3.63) is 75.3 Å². The minimum Gasteiger partial charge on any atom is -0.484 e. The summed E-state index contributed by atoms with van der Waals surface area (Å²) in [6.07, 6.45) is 1.09. The first-order chi connectivity index (χ1) is 13.1. The molecule has 4 rings (SSSR count). The second-order valence-corrected chi connectivity index (χ2v) is 7.60. The largest absolute Gasteiger partial charge is 0.484 e. The molecule has 0 fully saturated rings. The predicted octanol–water partition coefficient (Wildman–Crippen LogP) is 2.78. The molecule has 7 heteroatoms. The van der Waals surface area contributed by atoms with Gasteiger partial charge in [0.05, 0.1) is 11.6 Å². The lowest BCUT2D eigenvalue weighted by molar-refractivity contribution is -0.939. The summed E-state index contributed by atoms with van der Waals surface area (Å²) in [4.78, 5) is 1.46. The average molecular weight is 402 g/mol. The minimum atomic E-state index is 0.328. The molecular weight excluding hydrogens is 380 g/mol. The molecule has 0 amide bonds. The molecule has 1 aliphatic rings. The van der Waals surface area contributed by atoms with Crippen LogP contribution in [0.1, 0.15) is 17.0 Å². The Morgan fingerprint density at radius 3 is 2.70 bits per heavy atom. The topological polar surface area (TPSA) is 36.4 Å². The molecule has 0 radical (unpaired) electrons. The van der Waals surface area contributed by atoms with Crippen molar-refractivity contribution in [1.82, 2.24) is 14.3 Å². The minimum absolute atomic E-state index is 0.328. The second kappa shape index (κ2) is 7.84. The van der Waals surface area contributed by atoms with Gasteiger partial charge in [-0.3, -0.25) is 0 Å². The van der Waals surface area contributed by atoms with Gasteiger partial charge in [-0.1, -0.05) is 48.0 Å². The first-order valence-electron chi connectivity index (χ1n) is 9.02. The van der Waals surface area contributed by atoms with Gasteiger partial charge in [-0.15, -0.1) is 5.10 Å². The second-order valence-electron chi connectivity index (χ2n) is 6.83. The van der Waals surface area contributed by atoms with E-state index in [1.165, 1.54) is 16.0 Å². The number of nitrogens with one attached hydrogen (secondary N) is 1. The number of para-hydroxylation sites is 1. The Morgan fingerprint density at radius 2 is 1.89 bits per heavy atom. The van der Waals surface area contributed by atoms with E-state index in [9.17, 15) is 0 Å². The molecule has 0 aliphatic carbocycles. The molecular formula is C20H22ClN4OS+. The van der Waals surface area contributed by atoms with Crippen LogP contribution in [-0.2, 0) is 33.3 Å². The Morgan fingerprint density at radius 1 is 1.15 bits per heavy atom. The van der Waals surface area contributed by atoms with Crippen molar-refractivity contribution in [3.8, 4) is 5.75 Å². The quantitative estimate of drug-likeness (QED) is 0.668. The number of ether oxygens (including phenoxy) is 1. The maximum atomic E-state index is 6.16. The lowest BCUT2D eigenvalue weighted by Crippen LogP contribution is -3.11. The molecule has 0 saturated heterocycles. The van der Waals surface area contributed by atoms with Crippen LogP contribution in [0.3, 0.4) is 0 Å². The highest BCUT2D eigenvalue weighted by Crippen LogP contribution is 2.23. The molecule has 0 spiro atoms. The Labute approximate surface area is 168 Å². The first kappa shape index (κ1) is 18.2. The van der Waals surface area contributed by atoms with Crippen molar-refractivity contribution in [1.29, 1.82) is 0 Å². The number of hydrogen-bond donors (Lipinski definition) is 1. The van der Waals surface area contributed by atoms with E-state index in [0.717, 1.165) is 32.0 Å². The fourth-order valence-electron chi connectivity index (χ4n) is 3.46. The number of fused-ring (bicyclic) bond motifs is 1. The van der Waals surface area contributed by atoms with E-state index in [1.54, 1.807) is 0 Å². The van der Waals surface area contributed by atoms with Gasteiger partial charge in [0.1, 0.15) is 18.9 Å². The monoisotopic (exact) mass is 401 g/mol. The summed E-state index contributed by atoms with van der Waals surface area (Å²) in [5.41, 5.74) is 2.88. The zero-order valence-corrected chi connectivity index (χ0v) is 16.8. The Hall–Kier alpha value is -2.15. The van der Waals surface area contributed by atoms with Gasteiger partial charge in [-0.2, -0.15) is 4.68 Å². The summed E-state index contributed by atoms with van der Waals surface area (Å²) in [5, 5.41) is 5.28. The molecule has 3 aromatic rings. The third-order valence-corrected chi connectivity index (χ3v) is 5.80. The van der Waals surface area contributed by atoms with E-state index < -0.39 is 0 Å². The van der Waals surface area contributed by atoms with Crippen LogP contribution in [0.2, 0.25) is 5.02 Å². The molecule has 1 aromatic heterocycles. The molecule has 1 atom stereocenters. The molecule has 5 nitrogen and oxygen atoms in total. The van der Waals surface area contributed by atoms with Gasteiger partial charge in [-0.25, -0.2) is 0 Å². The maximum Gasteiger partial charge on any atom is 0.202 e. The number of halogens is 1. The van der Waals surface area contributed by atoms with Gasteiger partial charge in [0.15, 0.2) is 12.5 Å². The number of nitrogens with zero attached hydrogens (tertiary/aromatic N) is 3.